The van der Waals surface area contributed by atoms with Gasteiger partial charge in [-0.15, -0.1) is 0 Å². The van der Waals surface area contributed by atoms with Gasteiger partial charge in [0.1, 0.15) is 5.78 Å². The van der Waals surface area contributed by atoms with E-state index >= 15 is 0 Å². The van der Waals surface area contributed by atoms with Crippen LogP contribution in [-0.4, -0.2) is 5.78 Å². The monoisotopic (exact) mass is 284 g/mol. The zero-order chi connectivity index (χ0) is 15.1. The highest BCUT2D eigenvalue weighted by molar-refractivity contribution is 6.13. The number of Topliss-reactive ketones (excluding diaryl/α,β-unsaturated/α-hetero) is 1. The first-order chi connectivity index (χ1) is 10.7. The van der Waals surface area contributed by atoms with E-state index in [9.17, 15) is 4.79 Å². The zero-order valence-corrected chi connectivity index (χ0v) is 12.5. The number of hydrogen-bond donors (Lipinski definition) is 0. The second-order valence-electron chi connectivity index (χ2n) is 5.88. The first-order valence-corrected chi connectivity index (χ1v) is 7.55. The molecule has 0 saturated heterocycles. The summed E-state index contributed by atoms with van der Waals surface area (Å²) < 4.78 is 0. The van der Waals surface area contributed by atoms with E-state index in [4.69, 9.17) is 0 Å². The first-order valence-electron chi connectivity index (χ1n) is 7.55. The number of carbonyl (C=O) groups excluding carboxylic acids is 1. The van der Waals surface area contributed by atoms with E-state index in [0.29, 0.717) is 6.42 Å². The molecule has 0 spiro atoms. The van der Waals surface area contributed by atoms with Gasteiger partial charge < -0.3 is 0 Å². The topological polar surface area (TPSA) is 17.1 Å². The highest BCUT2D eigenvalue weighted by Gasteiger charge is 2.08. The molecule has 4 rings (SSSR count). The molecule has 0 fully saturated rings. The number of fused-ring (bicyclic) bond motifs is 4. The van der Waals surface area contributed by atoms with E-state index in [1.807, 2.05) is 6.07 Å². The summed E-state index contributed by atoms with van der Waals surface area (Å²) in [6.45, 7) is 1.65. The Hall–Kier alpha value is -2.67. The maximum Gasteiger partial charge on any atom is 0.134 e. The molecule has 1 heteroatoms. The quantitative estimate of drug-likeness (QED) is 0.361. The fourth-order valence-electron chi connectivity index (χ4n) is 3.29. The summed E-state index contributed by atoms with van der Waals surface area (Å²) in [5.74, 6) is 0.199. The molecular formula is C21H16O. The lowest BCUT2D eigenvalue weighted by molar-refractivity contribution is -0.116. The van der Waals surface area contributed by atoms with Crippen LogP contribution in [0.25, 0.3) is 32.3 Å². The van der Waals surface area contributed by atoms with Crippen LogP contribution in [0.15, 0.2) is 66.7 Å². The van der Waals surface area contributed by atoms with Crippen molar-refractivity contribution in [2.45, 2.75) is 13.3 Å². The Morgan fingerprint density at radius 1 is 0.773 bits per heavy atom. The minimum Gasteiger partial charge on any atom is -0.300 e. The average molecular weight is 284 g/mol. The summed E-state index contributed by atoms with van der Waals surface area (Å²) in [6.07, 6.45) is 0.489. The molecule has 0 unspecified atom stereocenters. The van der Waals surface area contributed by atoms with Gasteiger partial charge in [0.2, 0.25) is 0 Å². The van der Waals surface area contributed by atoms with Gasteiger partial charge in [-0.05, 0) is 56.9 Å². The normalized spacial score (nSPS) is 11.3. The zero-order valence-electron chi connectivity index (χ0n) is 12.5. The number of carbonyl (C=O) groups is 1. The van der Waals surface area contributed by atoms with Crippen LogP contribution in [-0.2, 0) is 11.2 Å². The van der Waals surface area contributed by atoms with E-state index < -0.39 is 0 Å². The van der Waals surface area contributed by atoms with Crippen molar-refractivity contribution < 1.29 is 4.79 Å². The van der Waals surface area contributed by atoms with Crippen LogP contribution in [0, 0.1) is 0 Å². The molecule has 0 atom stereocenters. The van der Waals surface area contributed by atoms with Crippen molar-refractivity contribution in [1.29, 1.82) is 0 Å². The van der Waals surface area contributed by atoms with E-state index in [2.05, 4.69) is 60.7 Å². The largest absolute Gasteiger partial charge is 0.300 e. The molecule has 0 aliphatic carbocycles. The van der Waals surface area contributed by atoms with Gasteiger partial charge in [-0.1, -0.05) is 54.6 Å². The average Bonchev–Trinajstić information content (AvgIpc) is 2.52. The molecule has 0 amide bonds. The Bertz CT molecular complexity index is 1030. The molecule has 0 aliphatic rings. The lowest BCUT2D eigenvalue weighted by Gasteiger charge is -2.10. The van der Waals surface area contributed by atoms with Gasteiger partial charge in [-0.25, -0.2) is 0 Å². The summed E-state index contributed by atoms with van der Waals surface area (Å²) in [4.78, 5) is 11.6. The third-order valence-electron chi connectivity index (χ3n) is 4.25. The Morgan fingerprint density at radius 2 is 1.45 bits per heavy atom. The summed E-state index contributed by atoms with van der Waals surface area (Å²) in [5.41, 5.74) is 1.12. The standard InChI is InChI=1S/C21H16O/c1-14(22)11-19-8-4-7-15-9-10-18-12-16-5-2-3-6-17(16)13-20(18)21(15)19/h2-10,12-13H,11H2,1H3. The van der Waals surface area contributed by atoms with Gasteiger partial charge in [0.25, 0.3) is 0 Å². The van der Waals surface area contributed by atoms with Crippen LogP contribution < -0.4 is 0 Å². The maximum absolute atomic E-state index is 11.6. The van der Waals surface area contributed by atoms with E-state index in [0.717, 1.165) is 5.56 Å². The van der Waals surface area contributed by atoms with Crippen molar-refractivity contribution in [2.75, 3.05) is 0 Å². The minimum absolute atomic E-state index is 0.199. The lowest BCUT2D eigenvalue weighted by Crippen LogP contribution is -1.97. The Balaban J connectivity index is 2.16. The van der Waals surface area contributed by atoms with Gasteiger partial charge in [0.05, 0.1) is 0 Å². The molecule has 0 N–H and O–H groups in total. The first kappa shape index (κ1) is 13.0. The third kappa shape index (κ3) is 2.06. The minimum atomic E-state index is 0.199. The predicted octanol–water partition coefficient (Wildman–Crippen LogP) is 5.28. The van der Waals surface area contributed by atoms with Gasteiger partial charge in [0.15, 0.2) is 0 Å². The molecule has 22 heavy (non-hydrogen) atoms. The van der Waals surface area contributed by atoms with E-state index in [-0.39, 0.29) is 5.78 Å². The molecule has 0 aliphatic heterocycles. The fourth-order valence-corrected chi connectivity index (χ4v) is 3.29. The lowest BCUT2D eigenvalue weighted by atomic mass is 9.93. The molecule has 0 saturated carbocycles. The van der Waals surface area contributed by atoms with E-state index in [1.165, 1.54) is 32.3 Å². The molecule has 0 bridgehead atoms. The number of ketones is 1. The molecule has 1 nitrogen and oxygen atoms in total. The number of hydrogen-bond acceptors (Lipinski definition) is 1. The van der Waals surface area contributed by atoms with Crippen molar-refractivity contribution in [2.24, 2.45) is 0 Å². The number of rotatable bonds is 2. The van der Waals surface area contributed by atoms with Gasteiger partial charge in [-0.2, -0.15) is 0 Å². The van der Waals surface area contributed by atoms with Gasteiger partial charge in [0, 0.05) is 6.42 Å². The molecule has 0 heterocycles. The molecule has 0 aromatic heterocycles. The van der Waals surface area contributed by atoms with Crippen molar-refractivity contribution in [3.8, 4) is 0 Å². The van der Waals surface area contributed by atoms with Crippen LogP contribution in [0.4, 0.5) is 0 Å². The van der Waals surface area contributed by atoms with E-state index in [1.54, 1.807) is 6.92 Å². The fraction of sp³-hybridized carbons (Fsp3) is 0.0952. The Morgan fingerprint density at radius 3 is 2.23 bits per heavy atom. The van der Waals surface area contributed by atoms with Crippen molar-refractivity contribution in [3.05, 3.63) is 72.3 Å². The summed E-state index contributed by atoms with van der Waals surface area (Å²) in [6, 6.07) is 23.4. The second kappa shape index (κ2) is 4.96. The SMILES string of the molecule is CC(=O)Cc1cccc2ccc3cc4ccccc4cc3c12. The maximum atomic E-state index is 11.6. The summed E-state index contributed by atoms with van der Waals surface area (Å²) >= 11 is 0. The van der Waals surface area contributed by atoms with Gasteiger partial charge >= 0.3 is 0 Å². The number of benzene rings is 4. The molecular weight excluding hydrogens is 268 g/mol. The van der Waals surface area contributed by atoms with Crippen LogP contribution in [0.1, 0.15) is 12.5 Å². The molecule has 0 radical (unpaired) electrons. The molecule has 4 aromatic carbocycles. The molecule has 106 valence electrons. The predicted molar refractivity (Wildman–Crippen MR) is 93.3 cm³/mol. The van der Waals surface area contributed by atoms with Gasteiger partial charge in [-0.3, -0.25) is 4.79 Å². The Labute approximate surface area is 129 Å². The highest BCUT2D eigenvalue weighted by Crippen LogP contribution is 2.31. The third-order valence-corrected chi connectivity index (χ3v) is 4.25. The second-order valence-corrected chi connectivity index (χ2v) is 5.88. The van der Waals surface area contributed by atoms with Crippen molar-refractivity contribution in [1.82, 2.24) is 0 Å². The highest BCUT2D eigenvalue weighted by atomic mass is 16.1. The Kier molecular flexibility index (Phi) is 2.93. The van der Waals surface area contributed by atoms with Crippen LogP contribution in [0.5, 0.6) is 0 Å². The summed E-state index contributed by atoms with van der Waals surface area (Å²) in [5, 5.41) is 7.34. The van der Waals surface area contributed by atoms with Crippen molar-refractivity contribution in [3.63, 3.8) is 0 Å². The van der Waals surface area contributed by atoms with Crippen LogP contribution in [0.3, 0.4) is 0 Å². The smallest absolute Gasteiger partial charge is 0.134 e. The van der Waals surface area contributed by atoms with Crippen LogP contribution in [0.2, 0.25) is 0 Å². The summed E-state index contributed by atoms with van der Waals surface area (Å²) in [7, 11) is 0. The molecule has 4 aromatic rings. The van der Waals surface area contributed by atoms with Crippen LogP contribution >= 0.6 is 0 Å². The van der Waals surface area contributed by atoms with Crippen molar-refractivity contribution >= 4 is 38.1 Å².